The summed E-state index contributed by atoms with van der Waals surface area (Å²) in [6.07, 6.45) is 1.80. The normalized spacial score (nSPS) is 12.6. The van der Waals surface area contributed by atoms with Crippen molar-refractivity contribution in [2.24, 2.45) is 0 Å². The summed E-state index contributed by atoms with van der Waals surface area (Å²) in [7, 11) is 0. The van der Waals surface area contributed by atoms with Gasteiger partial charge in [0, 0.05) is 6.08 Å². The Hall–Kier alpha value is -1.52. The van der Waals surface area contributed by atoms with Crippen molar-refractivity contribution >= 4 is 12.1 Å². The van der Waals surface area contributed by atoms with Gasteiger partial charge in [0.2, 0.25) is 0 Å². The average molecular weight is 229 g/mol. The number of amides is 1. The lowest BCUT2D eigenvalue weighted by atomic mass is 10.1. The number of carboxylic acids is 1. The van der Waals surface area contributed by atoms with E-state index in [1.165, 1.54) is 6.08 Å². The highest BCUT2D eigenvalue weighted by atomic mass is 16.6. The number of carbonyl (C=O) groups excluding carboxylic acids is 1. The minimum absolute atomic E-state index is 0.573. The second kappa shape index (κ2) is 5.01. The SMILES string of the molecule is CC(C)(/C=C/C(=O)O)NC(=O)OC(C)(C)C. The molecule has 0 aromatic rings. The molecule has 2 N–H and O–H groups in total. The summed E-state index contributed by atoms with van der Waals surface area (Å²) in [5.41, 5.74) is -1.34. The van der Waals surface area contributed by atoms with E-state index in [4.69, 9.17) is 9.84 Å². The summed E-state index contributed by atoms with van der Waals surface area (Å²) in [4.78, 5) is 21.7. The minimum atomic E-state index is -1.06. The van der Waals surface area contributed by atoms with E-state index in [2.05, 4.69) is 5.32 Å². The van der Waals surface area contributed by atoms with Gasteiger partial charge in [-0.3, -0.25) is 0 Å². The zero-order chi connectivity index (χ0) is 13.0. The van der Waals surface area contributed by atoms with Crippen molar-refractivity contribution in [1.29, 1.82) is 0 Å². The van der Waals surface area contributed by atoms with Crippen LogP contribution in [0.3, 0.4) is 0 Å². The van der Waals surface area contributed by atoms with Gasteiger partial charge < -0.3 is 15.2 Å². The Kier molecular flexibility index (Phi) is 4.53. The summed E-state index contributed by atoms with van der Waals surface area (Å²) in [5.74, 6) is -1.06. The molecule has 0 fully saturated rings. The molecule has 92 valence electrons. The summed E-state index contributed by atoms with van der Waals surface area (Å²) in [5, 5.41) is 11.0. The van der Waals surface area contributed by atoms with Crippen molar-refractivity contribution < 1.29 is 19.4 Å². The van der Waals surface area contributed by atoms with Crippen LogP contribution >= 0.6 is 0 Å². The molecule has 16 heavy (non-hydrogen) atoms. The molecule has 0 aromatic carbocycles. The van der Waals surface area contributed by atoms with E-state index in [9.17, 15) is 9.59 Å². The Morgan fingerprint density at radius 1 is 1.19 bits per heavy atom. The van der Waals surface area contributed by atoms with E-state index < -0.39 is 23.2 Å². The predicted octanol–water partition coefficient (Wildman–Crippen LogP) is 1.93. The van der Waals surface area contributed by atoms with Crippen LogP contribution in [0.2, 0.25) is 0 Å². The summed E-state index contributed by atoms with van der Waals surface area (Å²) in [6.45, 7) is 8.62. The third-order valence-corrected chi connectivity index (χ3v) is 1.47. The lowest BCUT2D eigenvalue weighted by Gasteiger charge is -2.26. The van der Waals surface area contributed by atoms with Crippen LogP contribution < -0.4 is 5.32 Å². The number of nitrogens with one attached hydrogen (secondary N) is 1. The van der Waals surface area contributed by atoms with E-state index >= 15 is 0 Å². The highest BCUT2D eigenvalue weighted by Crippen LogP contribution is 2.10. The van der Waals surface area contributed by atoms with Crippen LogP contribution in [-0.2, 0) is 9.53 Å². The quantitative estimate of drug-likeness (QED) is 0.725. The van der Waals surface area contributed by atoms with E-state index in [-0.39, 0.29) is 0 Å². The topological polar surface area (TPSA) is 75.6 Å². The first-order valence-corrected chi connectivity index (χ1v) is 4.95. The second-order valence-corrected chi connectivity index (χ2v) is 5.02. The molecule has 1 amide bonds. The predicted molar refractivity (Wildman–Crippen MR) is 60.2 cm³/mol. The van der Waals surface area contributed by atoms with Gasteiger partial charge in [-0.15, -0.1) is 0 Å². The molecule has 0 heterocycles. The van der Waals surface area contributed by atoms with Crippen LogP contribution in [0.25, 0.3) is 0 Å². The van der Waals surface area contributed by atoms with Gasteiger partial charge in [-0.05, 0) is 34.6 Å². The van der Waals surface area contributed by atoms with E-state index in [1.807, 2.05) is 0 Å². The molecule has 0 radical (unpaired) electrons. The fourth-order valence-electron chi connectivity index (χ4n) is 0.888. The van der Waals surface area contributed by atoms with E-state index in [0.29, 0.717) is 0 Å². The Bertz CT molecular complexity index is 300. The Balaban J connectivity index is 4.37. The fraction of sp³-hybridized carbons (Fsp3) is 0.636. The smallest absolute Gasteiger partial charge is 0.408 e. The molecule has 0 saturated carbocycles. The molecule has 0 aliphatic carbocycles. The van der Waals surface area contributed by atoms with Crippen molar-refractivity contribution in [3.63, 3.8) is 0 Å². The van der Waals surface area contributed by atoms with Crippen LogP contribution in [0.15, 0.2) is 12.2 Å². The molecule has 0 spiro atoms. The van der Waals surface area contributed by atoms with Crippen molar-refractivity contribution in [3.05, 3.63) is 12.2 Å². The van der Waals surface area contributed by atoms with Gasteiger partial charge in [0.25, 0.3) is 0 Å². The molecule has 0 aromatic heterocycles. The van der Waals surface area contributed by atoms with Gasteiger partial charge in [0.15, 0.2) is 0 Å². The van der Waals surface area contributed by atoms with Crippen molar-refractivity contribution in [1.82, 2.24) is 5.32 Å². The number of carboxylic acid groups (broad SMARTS) is 1. The van der Waals surface area contributed by atoms with Crippen molar-refractivity contribution in [2.75, 3.05) is 0 Å². The molecule has 0 atom stereocenters. The molecule has 0 aliphatic heterocycles. The molecule has 0 aliphatic rings. The number of ether oxygens (including phenoxy) is 1. The Morgan fingerprint density at radius 3 is 2.06 bits per heavy atom. The van der Waals surface area contributed by atoms with Gasteiger partial charge >= 0.3 is 12.1 Å². The maximum atomic E-state index is 11.4. The largest absolute Gasteiger partial charge is 0.478 e. The lowest BCUT2D eigenvalue weighted by Crippen LogP contribution is -2.44. The van der Waals surface area contributed by atoms with Crippen molar-refractivity contribution in [3.8, 4) is 0 Å². The molecule has 0 unspecified atom stereocenters. The zero-order valence-corrected chi connectivity index (χ0v) is 10.3. The first-order valence-electron chi connectivity index (χ1n) is 4.95. The monoisotopic (exact) mass is 229 g/mol. The third-order valence-electron chi connectivity index (χ3n) is 1.47. The Labute approximate surface area is 95.5 Å². The molecule has 0 rings (SSSR count). The highest BCUT2D eigenvalue weighted by molar-refractivity contribution is 5.80. The first kappa shape index (κ1) is 14.5. The molecular weight excluding hydrogens is 210 g/mol. The van der Waals surface area contributed by atoms with Crippen LogP contribution in [0.5, 0.6) is 0 Å². The number of aliphatic carboxylic acids is 1. The summed E-state index contributed by atoms with van der Waals surface area (Å²) >= 11 is 0. The van der Waals surface area contributed by atoms with Crippen LogP contribution in [0.1, 0.15) is 34.6 Å². The number of alkyl carbamates (subject to hydrolysis) is 1. The lowest BCUT2D eigenvalue weighted by molar-refractivity contribution is -0.131. The second-order valence-electron chi connectivity index (χ2n) is 5.02. The van der Waals surface area contributed by atoms with Gasteiger partial charge in [-0.2, -0.15) is 0 Å². The molecule has 0 saturated heterocycles. The zero-order valence-electron chi connectivity index (χ0n) is 10.3. The average Bonchev–Trinajstić information content (AvgIpc) is 1.95. The number of hydrogen-bond donors (Lipinski definition) is 2. The van der Waals surface area contributed by atoms with Gasteiger partial charge in [0.05, 0.1) is 5.54 Å². The maximum absolute atomic E-state index is 11.4. The standard InChI is InChI=1S/C11H19NO4/c1-10(2,3)16-9(15)12-11(4,5)7-6-8(13)14/h6-7H,1-5H3,(H,12,15)(H,13,14)/b7-6+. The van der Waals surface area contributed by atoms with Gasteiger partial charge in [-0.1, -0.05) is 6.08 Å². The van der Waals surface area contributed by atoms with Gasteiger partial charge in [-0.25, -0.2) is 9.59 Å². The molecular formula is C11H19NO4. The van der Waals surface area contributed by atoms with E-state index in [0.717, 1.165) is 6.08 Å². The fourth-order valence-corrected chi connectivity index (χ4v) is 0.888. The molecule has 5 heteroatoms. The highest BCUT2D eigenvalue weighted by Gasteiger charge is 2.22. The van der Waals surface area contributed by atoms with Crippen LogP contribution in [-0.4, -0.2) is 28.3 Å². The number of carbonyl (C=O) groups is 2. The summed E-state index contributed by atoms with van der Waals surface area (Å²) in [6, 6.07) is 0. The van der Waals surface area contributed by atoms with E-state index in [1.54, 1.807) is 34.6 Å². The maximum Gasteiger partial charge on any atom is 0.408 e. The van der Waals surface area contributed by atoms with Crippen LogP contribution in [0.4, 0.5) is 4.79 Å². The first-order chi connectivity index (χ1) is 7.02. The van der Waals surface area contributed by atoms with Crippen molar-refractivity contribution in [2.45, 2.75) is 45.8 Å². The van der Waals surface area contributed by atoms with Gasteiger partial charge in [0.1, 0.15) is 5.60 Å². The molecule has 0 bridgehead atoms. The number of rotatable bonds is 3. The summed E-state index contributed by atoms with van der Waals surface area (Å²) < 4.78 is 5.05. The van der Waals surface area contributed by atoms with Crippen LogP contribution in [0, 0.1) is 0 Å². The number of hydrogen-bond acceptors (Lipinski definition) is 3. The molecule has 5 nitrogen and oxygen atoms in total. The third kappa shape index (κ3) is 7.84. The Morgan fingerprint density at radius 2 is 1.69 bits per heavy atom. The minimum Gasteiger partial charge on any atom is -0.478 e.